The average Bonchev–Trinajstić information content (AvgIpc) is 2.79. The van der Waals surface area contributed by atoms with Crippen LogP contribution in [0.2, 0.25) is 0 Å². The molecule has 1 atom stereocenters. The van der Waals surface area contributed by atoms with Gasteiger partial charge in [-0.25, -0.2) is 17.9 Å². The lowest BCUT2D eigenvalue weighted by molar-refractivity contribution is -0.116. The third-order valence-corrected chi connectivity index (χ3v) is 3.94. The Balaban J connectivity index is 2.10. The van der Waals surface area contributed by atoms with Crippen LogP contribution in [0, 0.1) is 11.7 Å². The molecule has 5 nitrogen and oxygen atoms in total. The van der Waals surface area contributed by atoms with E-state index in [-0.39, 0.29) is 28.8 Å². The highest BCUT2D eigenvalue weighted by molar-refractivity contribution is 7.89. The molecule has 0 bridgehead atoms. The summed E-state index contributed by atoms with van der Waals surface area (Å²) in [6.07, 6.45) is 6.14. The van der Waals surface area contributed by atoms with Crippen molar-refractivity contribution in [1.82, 2.24) is 0 Å². The summed E-state index contributed by atoms with van der Waals surface area (Å²) in [5, 5.41) is 7.43. The summed E-state index contributed by atoms with van der Waals surface area (Å²) in [4.78, 5) is 11.4. The van der Waals surface area contributed by atoms with Crippen molar-refractivity contribution >= 4 is 21.6 Å². The quantitative estimate of drug-likeness (QED) is 0.830. The van der Waals surface area contributed by atoms with Crippen LogP contribution in [0.4, 0.5) is 10.1 Å². The van der Waals surface area contributed by atoms with Gasteiger partial charge in [-0.05, 0) is 37.0 Å². The van der Waals surface area contributed by atoms with Gasteiger partial charge in [0.15, 0.2) is 0 Å². The van der Waals surface area contributed by atoms with Crippen molar-refractivity contribution in [2.24, 2.45) is 11.1 Å². The van der Waals surface area contributed by atoms with Crippen LogP contribution >= 0.6 is 0 Å². The van der Waals surface area contributed by atoms with Gasteiger partial charge in [-0.15, -0.1) is 0 Å². The highest BCUT2D eigenvalue weighted by Gasteiger charge is 2.16. The first kappa shape index (κ1) is 14.7. The number of halogens is 1. The van der Waals surface area contributed by atoms with Crippen molar-refractivity contribution in [2.75, 3.05) is 5.32 Å². The number of carbonyl (C=O) groups excluding carboxylic acids is 1. The van der Waals surface area contributed by atoms with Gasteiger partial charge in [0.25, 0.3) is 0 Å². The minimum Gasteiger partial charge on any atom is -0.326 e. The maximum Gasteiger partial charge on any atom is 0.238 e. The Hall–Kier alpha value is -1.73. The van der Waals surface area contributed by atoms with Crippen LogP contribution in [-0.2, 0) is 14.8 Å². The summed E-state index contributed by atoms with van der Waals surface area (Å²) in [6, 6.07) is 3.00. The van der Waals surface area contributed by atoms with Gasteiger partial charge >= 0.3 is 0 Å². The Labute approximate surface area is 116 Å². The monoisotopic (exact) mass is 298 g/mol. The highest BCUT2D eigenvalue weighted by Crippen LogP contribution is 2.22. The van der Waals surface area contributed by atoms with Gasteiger partial charge in [0.05, 0.1) is 4.90 Å². The van der Waals surface area contributed by atoms with E-state index in [4.69, 9.17) is 5.14 Å². The molecule has 1 aromatic rings. The van der Waals surface area contributed by atoms with Gasteiger partial charge in [0.2, 0.25) is 15.9 Å². The van der Waals surface area contributed by atoms with Crippen molar-refractivity contribution in [2.45, 2.75) is 24.2 Å². The van der Waals surface area contributed by atoms with Gasteiger partial charge in [0.1, 0.15) is 5.82 Å². The maximum atomic E-state index is 13.3. The summed E-state index contributed by atoms with van der Waals surface area (Å²) in [5.74, 6) is -0.874. The zero-order chi connectivity index (χ0) is 14.8. The van der Waals surface area contributed by atoms with Gasteiger partial charge in [-0.2, -0.15) is 0 Å². The van der Waals surface area contributed by atoms with Crippen LogP contribution in [0.15, 0.2) is 35.2 Å². The minimum atomic E-state index is -4.01. The van der Waals surface area contributed by atoms with Crippen molar-refractivity contribution in [1.29, 1.82) is 0 Å². The summed E-state index contributed by atoms with van der Waals surface area (Å²) in [5.41, 5.74) is 0.0843. The predicted octanol–water partition coefficient (Wildman–Crippen LogP) is 1.77. The molecule has 108 valence electrons. The second-order valence-electron chi connectivity index (χ2n) is 4.74. The minimum absolute atomic E-state index is 0.0843. The van der Waals surface area contributed by atoms with E-state index < -0.39 is 15.8 Å². The lowest BCUT2D eigenvalue weighted by Crippen LogP contribution is -2.16. The number of nitrogens with one attached hydrogen (secondary N) is 1. The van der Waals surface area contributed by atoms with E-state index in [0.29, 0.717) is 0 Å². The molecular weight excluding hydrogens is 283 g/mol. The fourth-order valence-electron chi connectivity index (χ4n) is 2.11. The fourth-order valence-corrected chi connectivity index (χ4v) is 2.68. The maximum absolute atomic E-state index is 13.3. The Morgan fingerprint density at radius 1 is 1.40 bits per heavy atom. The summed E-state index contributed by atoms with van der Waals surface area (Å²) < 4.78 is 35.7. The van der Waals surface area contributed by atoms with Crippen LogP contribution in [-0.4, -0.2) is 14.3 Å². The third kappa shape index (κ3) is 3.88. The number of anilines is 1. The number of hydrogen-bond acceptors (Lipinski definition) is 3. The molecule has 1 aliphatic carbocycles. The van der Waals surface area contributed by atoms with Crippen LogP contribution in [0.3, 0.4) is 0 Å². The zero-order valence-electron chi connectivity index (χ0n) is 10.7. The average molecular weight is 298 g/mol. The number of carbonyl (C=O) groups is 1. The lowest BCUT2D eigenvalue weighted by Gasteiger charge is -2.10. The molecule has 0 aliphatic heterocycles. The van der Waals surface area contributed by atoms with Gasteiger partial charge in [-0.1, -0.05) is 12.2 Å². The van der Waals surface area contributed by atoms with Gasteiger partial charge < -0.3 is 5.32 Å². The molecule has 0 aromatic heterocycles. The van der Waals surface area contributed by atoms with E-state index in [1.807, 2.05) is 12.2 Å². The van der Waals surface area contributed by atoms with E-state index in [0.717, 1.165) is 31.0 Å². The molecule has 0 fully saturated rings. The molecule has 0 saturated heterocycles. The second-order valence-corrected chi connectivity index (χ2v) is 6.30. The normalized spacial score (nSPS) is 18.2. The lowest BCUT2D eigenvalue weighted by atomic mass is 10.1. The topological polar surface area (TPSA) is 89.3 Å². The number of allylic oxidation sites excluding steroid dienone is 2. The molecular formula is C13H15FN2O3S. The first-order chi connectivity index (χ1) is 9.34. The Bertz CT molecular complexity index is 656. The Kier molecular flexibility index (Phi) is 4.20. The molecule has 2 rings (SSSR count). The fraction of sp³-hybridized carbons (Fsp3) is 0.308. The number of amides is 1. The molecule has 0 radical (unpaired) electrons. The van der Waals surface area contributed by atoms with Gasteiger partial charge in [0, 0.05) is 12.1 Å². The number of rotatable bonds is 4. The smallest absolute Gasteiger partial charge is 0.238 e. The van der Waals surface area contributed by atoms with Crippen molar-refractivity contribution in [3.63, 3.8) is 0 Å². The SMILES string of the molecule is NS(=O)(=O)c1cc(F)cc(NC(=O)CC2C=CCC2)c1. The molecule has 0 heterocycles. The van der Waals surface area contributed by atoms with E-state index in [9.17, 15) is 17.6 Å². The number of primary sulfonamides is 1. The van der Waals surface area contributed by atoms with E-state index in [2.05, 4.69) is 5.32 Å². The van der Waals surface area contributed by atoms with Crippen LogP contribution in [0.1, 0.15) is 19.3 Å². The first-order valence-corrected chi connectivity index (χ1v) is 7.69. The van der Waals surface area contributed by atoms with Gasteiger partial charge in [-0.3, -0.25) is 4.79 Å². The summed E-state index contributed by atoms with van der Waals surface area (Å²) in [6.45, 7) is 0. The molecule has 1 aromatic carbocycles. The predicted molar refractivity (Wildman–Crippen MR) is 72.9 cm³/mol. The van der Waals surface area contributed by atoms with Crippen LogP contribution in [0.25, 0.3) is 0 Å². The second kappa shape index (κ2) is 5.72. The molecule has 7 heteroatoms. The molecule has 1 unspecified atom stereocenters. The third-order valence-electron chi connectivity index (χ3n) is 3.04. The van der Waals surface area contributed by atoms with Crippen molar-refractivity contribution < 1.29 is 17.6 Å². The Morgan fingerprint density at radius 3 is 2.75 bits per heavy atom. The summed E-state index contributed by atoms with van der Waals surface area (Å²) in [7, 11) is -4.01. The first-order valence-electron chi connectivity index (χ1n) is 6.14. The standard InChI is InChI=1S/C13H15FN2O3S/c14-10-6-11(8-12(7-10)20(15,18)19)16-13(17)5-9-3-1-2-4-9/h1,3,6-9H,2,4-5H2,(H,16,17)(H2,15,18,19). The van der Waals surface area contributed by atoms with Crippen molar-refractivity contribution in [3.8, 4) is 0 Å². The highest BCUT2D eigenvalue weighted by atomic mass is 32.2. The number of benzene rings is 1. The number of sulfonamides is 1. The molecule has 1 aliphatic rings. The number of nitrogens with two attached hydrogens (primary N) is 1. The zero-order valence-corrected chi connectivity index (χ0v) is 11.5. The summed E-state index contributed by atoms with van der Waals surface area (Å²) >= 11 is 0. The Morgan fingerprint density at radius 2 is 2.15 bits per heavy atom. The van der Waals surface area contributed by atoms with Crippen molar-refractivity contribution in [3.05, 3.63) is 36.2 Å². The van der Waals surface area contributed by atoms with E-state index in [1.165, 1.54) is 0 Å². The molecule has 1 amide bonds. The van der Waals surface area contributed by atoms with E-state index >= 15 is 0 Å². The van der Waals surface area contributed by atoms with Crippen LogP contribution in [0.5, 0.6) is 0 Å². The molecule has 20 heavy (non-hydrogen) atoms. The number of hydrogen-bond donors (Lipinski definition) is 2. The largest absolute Gasteiger partial charge is 0.326 e. The van der Waals surface area contributed by atoms with Crippen LogP contribution < -0.4 is 10.5 Å². The molecule has 0 spiro atoms. The molecule has 0 saturated carbocycles. The van der Waals surface area contributed by atoms with E-state index in [1.54, 1.807) is 0 Å². The molecule has 3 N–H and O–H groups in total.